The Hall–Kier alpha value is -2.56. The number of rotatable bonds is 5. The highest BCUT2D eigenvalue weighted by Crippen LogP contribution is 2.35. The summed E-state index contributed by atoms with van der Waals surface area (Å²) >= 11 is 0. The lowest BCUT2D eigenvalue weighted by atomic mass is 9.82. The first kappa shape index (κ1) is 16.3. The van der Waals surface area contributed by atoms with Crippen molar-refractivity contribution in [3.63, 3.8) is 0 Å². The Morgan fingerprint density at radius 1 is 1.21 bits per heavy atom. The van der Waals surface area contributed by atoms with Crippen molar-refractivity contribution < 1.29 is 9.90 Å². The van der Waals surface area contributed by atoms with Gasteiger partial charge in [0.25, 0.3) is 0 Å². The highest BCUT2D eigenvalue weighted by molar-refractivity contribution is 5.88. The van der Waals surface area contributed by atoms with E-state index in [4.69, 9.17) is 0 Å². The Kier molecular flexibility index (Phi) is 4.69. The molecule has 0 saturated heterocycles. The quantitative estimate of drug-likeness (QED) is 0.895. The average molecular weight is 323 g/mol. The van der Waals surface area contributed by atoms with Crippen LogP contribution >= 0.6 is 0 Å². The van der Waals surface area contributed by atoms with Crippen LogP contribution in [0.5, 0.6) is 0 Å². The lowest BCUT2D eigenvalue weighted by Gasteiger charge is -2.24. The summed E-state index contributed by atoms with van der Waals surface area (Å²) in [6.07, 6.45) is 10.7. The van der Waals surface area contributed by atoms with E-state index in [9.17, 15) is 9.90 Å². The lowest BCUT2D eigenvalue weighted by Crippen LogP contribution is -2.10. The standard InChI is InChI=1S/C19H21N3O2/c1-12(2)18-15(19(23)24)11-21-17(22-18)9-7-13-6-8-16(20-10-13)14-4-3-5-14/h6-12,14H,3-5H2,1-2H3,(H,23,24)/b9-7+. The normalized spacial score (nSPS) is 15.0. The number of aromatic carboxylic acids is 1. The number of nitrogens with zero attached hydrogens (tertiary/aromatic N) is 3. The summed E-state index contributed by atoms with van der Waals surface area (Å²) in [4.78, 5) is 24.3. The Morgan fingerprint density at radius 3 is 2.54 bits per heavy atom. The number of carbonyl (C=O) groups is 1. The van der Waals surface area contributed by atoms with Gasteiger partial charge in [-0.3, -0.25) is 4.98 Å². The molecule has 1 aliphatic carbocycles. The molecule has 2 aromatic heterocycles. The van der Waals surface area contributed by atoms with Crippen LogP contribution in [0.25, 0.3) is 12.2 Å². The topological polar surface area (TPSA) is 76.0 Å². The van der Waals surface area contributed by atoms with Crippen LogP contribution in [0.15, 0.2) is 24.5 Å². The Morgan fingerprint density at radius 2 is 2.00 bits per heavy atom. The molecule has 2 aromatic rings. The molecule has 5 heteroatoms. The first-order valence-electron chi connectivity index (χ1n) is 8.29. The first-order chi connectivity index (χ1) is 11.5. The summed E-state index contributed by atoms with van der Waals surface area (Å²) < 4.78 is 0. The molecule has 0 atom stereocenters. The third-order valence-electron chi connectivity index (χ3n) is 4.37. The zero-order valence-electron chi connectivity index (χ0n) is 13.9. The van der Waals surface area contributed by atoms with Gasteiger partial charge in [-0.25, -0.2) is 14.8 Å². The van der Waals surface area contributed by atoms with Gasteiger partial charge in [0, 0.05) is 24.0 Å². The molecule has 0 unspecified atom stereocenters. The van der Waals surface area contributed by atoms with Crippen molar-refractivity contribution in [2.45, 2.75) is 44.9 Å². The molecule has 124 valence electrons. The van der Waals surface area contributed by atoms with Crippen molar-refractivity contribution in [2.24, 2.45) is 0 Å². The van der Waals surface area contributed by atoms with E-state index in [1.54, 1.807) is 6.08 Å². The summed E-state index contributed by atoms with van der Waals surface area (Å²) in [7, 11) is 0. The number of carboxylic acids is 1. The fraction of sp³-hybridized carbons (Fsp3) is 0.368. The molecule has 5 nitrogen and oxygen atoms in total. The second-order valence-corrected chi connectivity index (χ2v) is 6.46. The van der Waals surface area contributed by atoms with Crippen LogP contribution in [0.3, 0.4) is 0 Å². The van der Waals surface area contributed by atoms with Gasteiger partial charge in [0.1, 0.15) is 0 Å². The predicted octanol–water partition coefficient (Wildman–Crippen LogP) is 4.13. The van der Waals surface area contributed by atoms with Crippen LogP contribution in [0.2, 0.25) is 0 Å². The third-order valence-corrected chi connectivity index (χ3v) is 4.37. The monoisotopic (exact) mass is 323 g/mol. The van der Waals surface area contributed by atoms with E-state index in [2.05, 4.69) is 21.0 Å². The zero-order valence-corrected chi connectivity index (χ0v) is 13.9. The number of aromatic nitrogens is 3. The van der Waals surface area contributed by atoms with E-state index < -0.39 is 5.97 Å². The van der Waals surface area contributed by atoms with Crippen molar-refractivity contribution >= 4 is 18.1 Å². The van der Waals surface area contributed by atoms with E-state index >= 15 is 0 Å². The molecule has 1 saturated carbocycles. The molecule has 1 N–H and O–H groups in total. The van der Waals surface area contributed by atoms with E-state index in [1.165, 1.54) is 31.2 Å². The van der Waals surface area contributed by atoms with Gasteiger partial charge in [-0.05, 0) is 42.5 Å². The van der Waals surface area contributed by atoms with E-state index in [0.717, 1.165) is 5.56 Å². The van der Waals surface area contributed by atoms with Gasteiger partial charge in [0.2, 0.25) is 0 Å². The van der Waals surface area contributed by atoms with Gasteiger partial charge in [-0.1, -0.05) is 26.3 Å². The molecule has 0 aliphatic heterocycles. The number of hydrogen-bond donors (Lipinski definition) is 1. The van der Waals surface area contributed by atoms with Crippen LogP contribution in [-0.2, 0) is 0 Å². The maximum atomic E-state index is 11.2. The minimum absolute atomic E-state index is 0.0228. The maximum Gasteiger partial charge on any atom is 0.339 e. The smallest absolute Gasteiger partial charge is 0.339 e. The number of pyridine rings is 1. The van der Waals surface area contributed by atoms with Gasteiger partial charge in [0.15, 0.2) is 5.82 Å². The summed E-state index contributed by atoms with van der Waals surface area (Å²) in [5.41, 5.74) is 2.86. The van der Waals surface area contributed by atoms with Crippen LogP contribution < -0.4 is 0 Å². The molecular weight excluding hydrogens is 302 g/mol. The molecule has 3 rings (SSSR count). The minimum atomic E-state index is -0.995. The Balaban J connectivity index is 1.78. The molecule has 2 heterocycles. The summed E-state index contributed by atoms with van der Waals surface area (Å²) in [6, 6.07) is 4.13. The van der Waals surface area contributed by atoms with Crippen molar-refractivity contribution in [3.05, 3.63) is 52.9 Å². The van der Waals surface area contributed by atoms with E-state index in [0.29, 0.717) is 17.4 Å². The van der Waals surface area contributed by atoms with Gasteiger partial charge < -0.3 is 5.11 Å². The van der Waals surface area contributed by atoms with Crippen LogP contribution in [-0.4, -0.2) is 26.0 Å². The fourth-order valence-corrected chi connectivity index (χ4v) is 2.73. The molecule has 0 amide bonds. The van der Waals surface area contributed by atoms with Crippen molar-refractivity contribution in [1.29, 1.82) is 0 Å². The van der Waals surface area contributed by atoms with Crippen LogP contribution in [0.1, 0.15) is 78.1 Å². The molecule has 1 fully saturated rings. The van der Waals surface area contributed by atoms with Crippen molar-refractivity contribution in [2.75, 3.05) is 0 Å². The largest absolute Gasteiger partial charge is 0.478 e. The van der Waals surface area contributed by atoms with Crippen LogP contribution in [0, 0.1) is 0 Å². The Bertz CT molecular complexity index is 763. The van der Waals surface area contributed by atoms with Gasteiger partial charge >= 0.3 is 5.97 Å². The first-order valence-corrected chi connectivity index (χ1v) is 8.29. The predicted molar refractivity (Wildman–Crippen MR) is 92.8 cm³/mol. The van der Waals surface area contributed by atoms with E-state index in [1.807, 2.05) is 32.2 Å². The Labute approximate surface area is 141 Å². The minimum Gasteiger partial charge on any atom is -0.478 e. The average Bonchev–Trinajstić information content (AvgIpc) is 2.52. The maximum absolute atomic E-state index is 11.2. The molecular formula is C19H21N3O2. The van der Waals surface area contributed by atoms with Crippen LogP contribution in [0.4, 0.5) is 0 Å². The molecule has 0 aromatic carbocycles. The van der Waals surface area contributed by atoms with Gasteiger partial charge in [-0.15, -0.1) is 0 Å². The second-order valence-electron chi connectivity index (χ2n) is 6.46. The highest BCUT2D eigenvalue weighted by atomic mass is 16.4. The molecule has 0 bridgehead atoms. The van der Waals surface area contributed by atoms with E-state index in [-0.39, 0.29) is 11.5 Å². The highest BCUT2D eigenvalue weighted by Gasteiger charge is 2.20. The van der Waals surface area contributed by atoms with Crippen molar-refractivity contribution in [3.8, 4) is 0 Å². The van der Waals surface area contributed by atoms with Gasteiger partial charge in [0.05, 0.1) is 11.3 Å². The third kappa shape index (κ3) is 3.50. The van der Waals surface area contributed by atoms with Crippen molar-refractivity contribution in [1.82, 2.24) is 15.0 Å². The molecule has 24 heavy (non-hydrogen) atoms. The van der Waals surface area contributed by atoms with Gasteiger partial charge in [-0.2, -0.15) is 0 Å². The lowest BCUT2D eigenvalue weighted by molar-refractivity contribution is 0.0694. The second kappa shape index (κ2) is 6.91. The molecule has 0 spiro atoms. The number of carboxylic acid groups (broad SMARTS) is 1. The summed E-state index contributed by atoms with van der Waals surface area (Å²) in [5.74, 6) is 0.162. The summed E-state index contributed by atoms with van der Waals surface area (Å²) in [5, 5.41) is 9.20. The number of hydrogen-bond acceptors (Lipinski definition) is 4. The fourth-order valence-electron chi connectivity index (χ4n) is 2.73. The zero-order chi connectivity index (χ0) is 17.1. The molecule has 0 radical (unpaired) electrons. The molecule has 1 aliphatic rings. The SMILES string of the molecule is CC(C)c1nc(/C=C/c2ccc(C3CCC3)nc2)ncc1C(=O)O. The summed E-state index contributed by atoms with van der Waals surface area (Å²) in [6.45, 7) is 3.84.